The molecule has 2 heterocycles. The van der Waals surface area contributed by atoms with Crippen LogP contribution in [-0.2, 0) is 5.41 Å². The summed E-state index contributed by atoms with van der Waals surface area (Å²) in [6.07, 6.45) is 0. The van der Waals surface area contributed by atoms with Crippen molar-refractivity contribution in [2.24, 2.45) is 0 Å². The van der Waals surface area contributed by atoms with Crippen molar-refractivity contribution in [2.75, 3.05) is 12.8 Å². The van der Waals surface area contributed by atoms with Crippen molar-refractivity contribution < 1.29 is 14.3 Å². The highest BCUT2D eigenvalue weighted by Crippen LogP contribution is 2.32. The third-order valence-electron chi connectivity index (χ3n) is 4.24. The van der Waals surface area contributed by atoms with Gasteiger partial charge in [0.15, 0.2) is 0 Å². The van der Waals surface area contributed by atoms with E-state index in [4.69, 9.17) is 10.5 Å². The predicted octanol–water partition coefficient (Wildman–Crippen LogP) is 1.61. The number of imide groups is 1. The van der Waals surface area contributed by atoms with Gasteiger partial charge in [-0.05, 0) is 23.1 Å². The van der Waals surface area contributed by atoms with E-state index in [0.717, 1.165) is 11.6 Å². The standard InChI is InChI=1S/C18H19N3O4/c1-18(2,3)9-5-6-12(25-4)11(7-9)21-13(22)8-10-14(15(21)19)17(24)20-16(10)23/h5-8H,19H2,1-4H3,(H,20,23,24). The van der Waals surface area contributed by atoms with Crippen molar-refractivity contribution >= 4 is 17.6 Å². The summed E-state index contributed by atoms with van der Waals surface area (Å²) in [5.74, 6) is -0.884. The number of nitrogens with one attached hydrogen (secondary N) is 1. The van der Waals surface area contributed by atoms with Gasteiger partial charge in [0.2, 0.25) is 0 Å². The van der Waals surface area contributed by atoms with Gasteiger partial charge in [0, 0.05) is 6.07 Å². The largest absolute Gasteiger partial charge is 0.495 e. The molecule has 0 spiro atoms. The number of hydrogen-bond donors (Lipinski definition) is 2. The number of nitrogens with zero attached hydrogens (tertiary/aromatic N) is 1. The Kier molecular flexibility index (Phi) is 3.67. The number of amides is 2. The van der Waals surface area contributed by atoms with Crippen LogP contribution in [0.5, 0.6) is 5.75 Å². The normalized spacial score (nSPS) is 13.6. The van der Waals surface area contributed by atoms with Gasteiger partial charge in [0.05, 0.1) is 23.9 Å². The zero-order valence-electron chi connectivity index (χ0n) is 14.5. The SMILES string of the molecule is COc1ccc(C(C)(C)C)cc1-n1c(N)c2c(cc1=O)C(=O)NC2=O. The van der Waals surface area contributed by atoms with Crippen LogP contribution in [0.2, 0.25) is 0 Å². The molecule has 2 aromatic rings. The van der Waals surface area contributed by atoms with Crippen LogP contribution in [0.3, 0.4) is 0 Å². The van der Waals surface area contributed by atoms with Crippen molar-refractivity contribution in [3.05, 3.63) is 51.3 Å². The summed E-state index contributed by atoms with van der Waals surface area (Å²) in [4.78, 5) is 36.4. The number of methoxy groups -OCH3 is 1. The predicted molar refractivity (Wildman–Crippen MR) is 93.5 cm³/mol. The molecule has 0 unspecified atom stereocenters. The second kappa shape index (κ2) is 5.47. The van der Waals surface area contributed by atoms with Crippen molar-refractivity contribution in [3.63, 3.8) is 0 Å². The minimum Gasteiger partial charge on any atom is -0.495 e. The lowest BCUT2D eigenvalue weighted by Crippen LogP contribution is -2.25. The number of nitrogens with two attached hydrogens (primary N) is 1. The Bertz CT molecular complexity index is 968. The Morgan fingerprint density at radius 2 is 1.76 bits per heavy atom. The number of fused-ring (bicyclic) bond motifs is 1. The first kappa shape index (κ1) is 16.8. The molecule has 1 aromatic heterocycles. The third-order valence-corrected chi connectivity index (χ3v) is 4.24. The van der Waals surface area contributed by atoms with Gasteiger partial charge in [-0.1, -0.05) is 26.8 Å². The lowest BCUT2D eigenvalue weighted by molar-refractivity contribution is 0.0880. The molecular weight excluding hydrogens is 322 g/mol. The number of ether oxygens (including phenoxy) is 1. The quantitative estimate of drug-likeness (QED) is 0.808. The van der Waals surface area contributed by atoms with Crippen molar-refractivity contribution in [2.45, 2.75) is 26.2 Å². The van der Waals surface area contributed by atoms with Crippen LogP contribution in [-0.4, -0.2) is 23.5 Å². The highest BCUT2D eigenvalue weighted by Gasteiger charge is 2.32. The number of carbonyl (C=O) groups is 2. The molecule has 0 radical (unpaired) electrons. The monoisotopic (exact) mass is 341 g/mol. The Morgan fingerprint density at radius 1 is 1.08 bits per heavy atom. The molecular formula is C18H19N3O4. The zero-order valence-corrected chi connectivity index (χ0v) is 14.5. The van der Waals surface area contributed by atoms with E-state index in [9.17, 15) is 14.4 Å². The van der Waals surface area contributed by atoms with Crippen LogP contribution in [0.1, 0.15) is 47.1 Å². The van der Waals surface area contributed by atoms with E-state index in [0.29, 0.717) is 11.4 Å². The molecule has 0 saturated heterocycles. The summed E-state index contributed by atoms with van der Waals surface area (Å²) >= 11 is 0. The molecule has 7 nitrogen and oxygen atoms in total. The summed E-state index contributed by atoms with van der Waals surface area (Å²) in [5.41, 5.74) is 6.82. The topological polar surface area (TPSA) is 103 Å². The van der Waals surface area contributed by atoms with E-state index in [-0.39, 0.29) is 22.4 Å². The first-order valence-corrected chi connectivity index (χ1v) is 7.75. The molecule has 0 atom stereocenters. The van der Waals surface area contributed by atoms with Gasteiger partial charge in [0.25, 0.3) is 17.4 Å². The molecule has 130 valence electrons. The van der Waals surface area contributed by atoms with E-state index >= 15 is 0 Å². The number of nitrogen functional groups attached to an aromatic ring is 1. The maximum absolute atomic E-state index is 12.6. The Morgan fingerprint density at radius 3 is 2.36 bits per heavy atom. The maximum atomic E-state index is 12.6. The summed E-state index contributed by atoms with van der Waals surface area (Å²) in [5, 5.41) is 2.15. The van der Waals surface area contributed by atoms with E-state index in [1.54, 1.807) is 12.1 Å². The number of anilines is 1. The number of rotatable bonds is 2. The second-order valence-electron chi connectivity index (χ2n) is 6.91. The number of aromatic nitrogens is 1. The molecule has 1 aromatic carbocycles. The van der Waals surface area contributed by atoms with Gasteiger partial charge in [-0.2, -0.15) is 0 Å². The molecule has 3 N–H and O–H groups in total. The molecule has 2 amide bonds. The Hall–Kier alpha value is -3.09. The number of benzene rings is 1. The number of hydrogen-bond acceptors (Lipinski definition) is 5. The Balaban J connectivity index is 2.35. The average Bonchev–Trinajstić information content (AvgIpc) is 2.80. The lowest BCUT2D eigenvalue weighted by atomic mass is 9.86. The molecule has 0 bridgehead atoms. The van der Waals surface area contributed by atoms with Crippen LogP contribution >= 0.6 is 0 Å². The smallest absolute Gasteiger partial charge is 0.262 e. The van der Waals surface area contributed by atoms with Gasteiger partial charge in [0.1, 0.15) is 11.6 Å². The van der Waals surface area contributed by atoms with Gasteiger partial charge in [-0.25, -0.2) is 0 Å². The molecule has 7 heteroatoms. The summed E-state index contributed by atoms with van der Waals surface area (Å²) in [7, 11) is 1.49. The highest BCUT2D eigenvalue weighted by atomic mass is 16.5. The van der Waals surface area contributed by atoms with Crippen molar-refractivity contribution in [3.8, 4) is 11.4 Å². The van der Waals surface area contributed by atoms with Crippen LogP contribution in [0.15, 0.2) is 29.1 Å². The first-order chi connectivity index (χ1) is 11.6. The van der Waals surface area contributed by atoms with Gasteiger partial charge in [-0.3, -0.25) is 24.3 Å². The minimum absolute atomic E-state index is 0.00491. The highest BCUT2D eigenvalue weighted by molar-refractivity contribution is 6.23. The van der Waals surface area contributed by atoms with E-state index in [1.165, 1.54) is 11.7 Å². The van der Waals surface area contributed by atoms with E-state index in [1.807, 2.05) is 26.8 Å². The van der Waals surface area contributed by atoms with Crippen molar-refractivity contribution in [1.29, 1.82) is 0 Å². The van der Waals surface area contributed by atoms with Gasteiger partial charge < -0.3 is 10.5 Å². The maximum Gasteiger partial charge on any atom is 0.262 e. The van der Waals surface area contributed by atoms with Crippen LogP contribution in [0.4, 0.5) is 5.82 Å². The fourth-order valence-corrected chi connectivity index (χ4v) is 2.86. The number of pyridine rings is 1. The van der Waals surface area contributed by atoms with E-state index in [2.05, 4.69) is 5.32 Å². The molecule has 0 saturated carbocycles. The minimum atomic E-state index is -0.619. The fourth-order valence-electron chi connectivity index (χ4n) is 2.86. The first-order valence-electron chi connectivity index (χ1n) is 7.75. The van der Waals surface area contributed by atoms with Gasteiger partial charge in [-0.15, -0.1) is 0 Å². The Labute approximate surface area is 144 Å². The lowest BCUT2D eigenvalue weighted by Gasteiger charge is -2.22. The molecule has 0 fully saturated rings. The number of carbonyl (C=O) groups excluding carboxylic acids is 2. The van der Waals surface area contributed by atoms with Crippen LogP contribution in [0.25, 0.3) is 5.69 Å². The summed E-state index contributed by atoms with van der Waals surface area (Å²) in [6.45, 7) is 6.12. The molecule has 25 heavy (non-hydrogen) atoms. The van der Waals surface area contributed by atoms with Gasteiger partial charge >= 0.3 is 0 Å². The van der Waals surface area contributed by atoms with Crippen LogP contribution in [0, 0.1) is 0 Å². The summed E-state index contributed by atoms with van der Waals surface area (Å²) < 4.78 is 6.56. The zero-order chi connectivity index (χ0) is 18.5. The third kappa shape index (κ3) is 2.57. The molecule has 1 aliphatic heterocycles. The molecule has 3 rings (SSSR count). The van der Waals surface area contributed by atoms with Crippen LogP contribution < -0.4 is 21.3 Å². The average molecular weight is 341 g/mol. The molecule has 1 aliphatic rings. The second-order valence-corrected chi connectivity index (χ2v) is 6.91. The van der Waals surface area contributed by atoms with Crippen molar-refractivity contribution in [1.82, 2.24) is 9.88 Å². The van der Waals surface area contributed by atoms with E-state index < -0.39 is 17.4 Å². The molecule has 0 aliphatic carbocycles. The summed E-state index contributed by atoms with van der Waals surface area (Å²) in [6, 6.07) is 6.58. The fraction of sp³-hybridized carbons (Fsp3) is 0.278.